The van der Waals surface area contributed by atoms with Gasteiger partial charge in [0.15, 0.2) is 0 Å². The zero-order valence-electron chi connectivity index (χ0n) is 29.4. The highest BCUT2D eigenvalue weighted by atomic mass is 27.2. The molecule has 246 valence electrons. The van der Waals surface area contributed by atoms with E-state index >= 15 is 0 Å². The van der Waals surface area contributed by atoms with E-state index in [1.54, 1.807) is 0 Å². The lowest BCUT2D eigenvalue weighted by Gasteiger charge is -2.34. The summed E-state index contributed by atoms with van der Waals surface area (Å²) in [6, 6.07) is 10.1. The Morgan fingerprint density at radius 1 is 0.489 bits per heavy atom. The van der Waals surface area contributed by atoms with Gasteiger partial charge in [-0.1, -0.05) is 132 Å². The summed E-state index contributed by atoms with van der Waals surface area (Å²) in [4.78, 5) is 0. The fraction of sp³-hybridized carbons (Fsp3) is 0.714. The summed E-state index contributed by atoms with van der Waals surface area (Å²) in [7, 11) is 0. The smallest absolute Gasteiger partial charge is 0.611 e. The maximum absolute atomic E-state index is 7.58. The molecule has 4 saturated carbocycles. The van der Waals surface area contributed by atoms with Crippen LogP contribution in [-0.2, 0) is 0 Å². The van der Waals surface area contributed by atoms with Crippen molar-refractivity contribution in [3.63, 3.8) is 0 Å². The van der Waals surface area contributed by atoms with Crippen LogP contribution >= 0.6 is 0 Å². The molecule has 0 bridgehead atoms. The summed E-state index contributed by atoms with van der Waals surface area (Å²) in [6.45, 7) is 9.43. The van der Waals surface area contributed by atoms with E-state index in [4.69, 9.17) is 7.58 Å². The molecular formula is C42H63AlO2. The van der Waals surface area contributed by atoms with Crippen LogP contribution in [0.15, 0.2) is 24.3 Å². The zero-order valence-corrected chi connectivity index (χ0v) is 30.6. The van der Waals surface area contributed by atoms with Gasteiger partial charge in [-0.3, -0.25) is 0 Å². The average Bonchev–Trinajstić information content (AvgIpc) is 3.07. The van der Waals surface area contributed by atoms with Gasteiger partial charge in [0.25, 0.3) is 0 Å². The molecule has 4 aliphatic rings. The van der Waals surface area contributed by atoms with Crippen LogP contribution in [0.5, 0.6) is 11.5 Å². The minimum Gasteiger partial charge on any atom is -0.611 e. The molecule has 4 aliphatic carbocycles. The molecule has 0 unspecified atom stereocenters. The maximum atomic E-state index is 7.58. The first-order valence-electron chi connectivity index (χ1n) is 19.6. The van der Waals surface area contributed by atoms with Gasteiger partial charge in [-0.05, 0) is 116 Å². The van der Waals surface area contributed by atoms with Gasteiger partial charge in [-0.2, -0.15) is 0 Å². The first-order valence-corrected chi connectivity index (χ1v) is 21.3. The molecule has 6 rings (SSSR count). The molecular weight excluding hydrogens is 563 g/mol. The van der Waals surface area contributed by atoms with Gasteiger partial charge in [0.2, 0.25) is 0 Å². The Morgan fingerprint density at radius 3 is 1.00 bits per heavy atom. The van der Waals surface area contributed by atoms with E-state index in [1.807, 2.05) is 0 Å². The van der Waals surface area contributed by atoms with Crippen molar-refractivity contribution < 1.29 is 7.58 Å². The number of hydrogen-bond acceptors (Lipinski definition) is 2. The van der Waals surface area contributed by atoms with E-state index in [9.17, 15) is 0 Å². The van der Waals surface area contributed by atoms with Crippen molar-refractivity contribution in [2.45, 2.75) is 185 Å². The number of hydrogen-bond donors (Lipinski definition) is 0. The van der Waals surface area contributed by atoms with Gasteiger partial charge in [0.05, 0.1) is 11.5 Å². The van der Waals surface area contributed by atoms with Crippen molar-refractivity contribution in [2.75, 3.05) is 0 Å². The van der Waals surface area contributed by atoms with Crippen LogP contribution in [0, 0.1) is 19.8 Å². The van der Waals surface area contributed by atoms with E-state index in [2.05, 4.69) is 52.0 Å². The predicted molar refractivity (Wildman–Crippen MR) is 192 cm³/mol. The van der Waals surface area contributed by atoms with Gasteiger partial charge < -0.3 is 7.58 Å². The van der Waals surface area contributed by atoms with E-state index in [-0.39, 0.29) is 0 Å². The Morgan fingerprint density at radius 2 is 0.756 bits per heavy atom. The van der Waals surface area contributed by atoms with E-state index in [0.29, 0.717) is 29.6 Å². The van der Waals surface area contributed by atoms with E-state index in [1.165, 1.54) is 173 Å². The third-order valence-corrected chi connectivity index (χ3v) is 14.2. The summed E-state index contributed by atoms with van der Waals surface area (Å²) in [5.74, 6) is 5.67. The molecule has 0 aromatic heterocycles. The van der Waals surface area contributed by atoms with Crippen molar-refractivity contribution in [1.82, 2.24) is 0 Å². The molecule has 0 spiro atoms. The second-order valence-corrected chi connectivity index (χ2v) is 18.0. The Labute approximate surface area is 281 Å². The molecule has 0 aliphatic heterocycles. The summed E-state index contributed by atoms with van der Waals surface area (Å²) in [5, 5.41) is 1.06. The minimum absolute atomic E-state index is 0.560. The fourth-order valence-electron chi connectivity index (χ4n) is 9.57. The van der Waals surface area contributed by atoms with Crippen LogP contribution in [0.3, 0.4) is 0 Å². The van der Waals surface area contributed by atoms with Crippen molar-refractivity contribution >= 4 is 14.8 Å². The second-order valence-electron chi connectivity index (χ2n) is 16.2. The van der Waals surface area contributed by atoms with Crippen molar-refractivity contribution in [3.05, 3.63) is 57.6 Å². The SMILES string of the molecule is Cc1cc(C2CCCCC2)c([O][Al]([CH2]C(C)C)[O]c2c(C3CCCCC3)cc(C)cc2C2CCCCC2)c(C2CCCCC2)c1. The second kappa shape index (κ2) is 16.1. The largest absolute Gasteiger partial charge is 0.857 e. The average molecular weight is 627 g/mol. The van der Waals surface area contributed by atoms with Crippen molar-refractivity contribution in [2.24, 2.45) is 5.92 Å². The van der Waals surface area contributed by atoms with Gasteiger partial charge in [-0.25, -0.2) is 0 Å². The highest BCUT2D eigenvalue weighted by Crippen LogP contribution is 2.48. The van der Waals surface area contributed by atoms with Crippen molar-refractivity contribution in [1.29, 1.82) is 0 Å². The molecule has 2 aromatic carbocycles. The fourth-order valence-corrected chi connectivity index (χ4v) is 11.6. The van der Waals surface area contributed by atoms with Crippen LogP contribution in [-0.4, -0.2) is 14.8 Å². The molecule has 45 heavy (non-hydrogen) atoms. The summed E-state index contributed by atoms with van der Waals surface area (Å²) < 4.78 is 15.2. The Hall–Kier alpha value is -1.43. The molecule has 0 N–H and O–H groups in total. The van der Waals surface area contributed by atoms with Crippen LogP contribution in [0.1, 0.15) is 199 Å². The normalized spacial score (nSPS) is 21.3. The highest BCUT2D eigenvalue weighted by Gasteiger charge is 2.39. The molecule has 0 atom stereocenters. The Balaban J connectivity index is 1.42. The molecule has 2 nitrogen and oxygen atoms in total. The molecule has 2 aromatic rings. The number of rotatable bonds is 10. The van der Waals surface area contributed by atoms with Crippen LogP contribution < -0.4 is 7.58 Å². The molecule has 0 heterocycles. The van der Waals surface area contributed by atoms with Crippen molar-refractivity contribution in [3.8, 4) is 11.5 Å². The maximum Gasteiger partial charge on any atom is 0.857 e. The quantitative estimate of drug-likeness (QED) is 0.244. The summed E-state index contributed by atoms with van der Waals surface area (Å²) in [6.07, 6.45) is 27.0. The molecule has 0 amide bonds. The zero-order chi connectivity index (χ0) is 31.2. The lowest BCUT2D eigenvalue weighted by Crippen LogP contribution is -2.34. The van der Waals surface area contributed by atoms with Gasteiger partial charge in [-0.15, -0.1) is 0 Å². The summed E-state index contributed by atoms with van der Waals surface area (Å²) >= 11 is -2.11. The standard InChI is InChI=1S/2C19H28O.C4H9.Al/c2*1-14-12-17(15-8-4-2-5-9-15)19(20)18(13-14)16-10-6-3-7-11-16;1-4(2)3;/h2*12-13,15-16,20H,2-11H2,1H3;4H,1H2,2-3H3;/q;;;+2/p-2. The Kier molecular flexibility index (Phi) is 12.0. The Bertz CT molecular complexity index is 1060. The first-order chi connectivity index (χ1) is 22.0. The monoisotopic (exact) mass is 626 g/mol. The minimum atomic E-state index is -2.11. The highest BCUT2D eigenvalue weighted by molar-refractivity contribution is 6.46. The summed E-state index contributed by atoms with van der Waals surface area (Å²) in [5.41, 5.74) is 8.99. The third kappa shape index (κ3) is 8.54. The molecule has 4 fully saturated rings. The van der Waals surface area contributed by atoms with Gasteiger partial charge >= 0.3 is 14.8 Å². The predicted octanol–water partition coefficient (Wildman–Crippen LogP) is 13.1. The molecule has 0 saturated heterocycles. The lowest BCUT2D eigenvalue weighted by molar-refractivity contribution is 0.366. The van der Waals surface area contributed by atoms with E-state index in [0.717, 1.165) is 5.28 Å². The number of aryl methyl sites for hydroxylation is 2. The van der Waals surface area contributed by atoms with E-state index < -0.39 is 14.8 Å². The lowest BCUT2D eigenvalue weighted by atomic mass is 9.78. The first kappa shape index (κ1) is 33.5. The van der Waals surface area contributed by atoms with Gasteiger partial charge in [0.1, 0.15) is 0 Å². The molecule has 0 radical (unpaired) electrons. The van der Waals surface area contributed by atoms with Gasteiger partial charge in [0, 0.05) is 0 Å². The third-order valence-electron chi connectivity index (χ3n) is 11.9. The molecule has 3 heteroatoms. The van der Waals surface area contributed by atoms with Crippen LogP contribution in [0.2, 0.25) is 5.28 Å². The topological polar surface area (TPSA) is 18.5 Å². The van der Waals surface area contributed by atoms with Crippen LogP contribution in [0.4, 0.5) is 0 Å². The van der Waals surface area contributed by atoms with Crippen LogP contribution in [0.25, 0.3) is 0 Å². The number of benzene rings is 2.